The summed E-state index contributed by atoms with van der Waals surface area (Å²) in [6, 6.07) is 2.23. The largest absolute Gasteiger partial charge is 0.495 e. The number of aryl methyl sites for hydroxylation is 1. The average molecular weight is 301 g/mol. The predicted molar refractivity (Wildman–Crippen MR) is 90.5 cm³/mol. The van der Waals surface area contributed by atoms with Crippen molar-refractivity contribution in [1.29, 1.82) is 0 Å². The van der Waals surface area contributed by atoms with E-state index in [9.17, 15) is 0 Å². The van der Waals surface area contributed by atoms with Crippen LogP contribution >= 0.6 is 0 Å². The fourth-order valence-electron chi connectivity index (χ4n) is 3.40. The van der Waals surface area contributed by atoms with Crippen LogP contribution in [0.3, 0.4) is 0 Å². The Hall–Kier alpha value is -0.865. The summed E-state index contributed by atoms with van der Waals surface area (Å²) in [7, 11) is -0.282. The Morgan fingerprint density at radius 1 is 1.05 bits per heavy atom. The van der Waals surface area contributed by atoms with Gasteiger partial charge in [-0.1, -0.05) is 19.3 Å². The summed E-state index contributed by atoms with van der Waals surface area (Å²) < 4.78 is 12.4. The van der Waals surface area contributed by atoms with Gasteiger partial charge in [-0.25, -0.2) is 0 Å². The van der Waals surface area contributed by atoms with Crippen molar-refractivity contribution < 1.29 is 9.31 Å². The summed E-state index contributed by atoms with van der Waals surface area (Å²) in [6.07, 6.45) is 8.53. The van der Waals surface area contributed by atoms with Crippen molar-refractivity contribution >= 4 is 12.6 Å². The monoisotopic (exact) mass is 301 g/mol. The standard InChI is InChI=1S/C18H28BNO2/c1-13-12-20-16(14-9-7-6-8-10-14)11-15(13)19-21-17(2,3)18(4,5)22-19/h11-12,14H,6-10H2,1-5H3. The molecular formula is C18H28BNO2. The van der Waals surface area contributed by atoms with Crippen LogP contribution in [0, 0.1) is 6.92 Å². The molecule has 0 bridgehead atoms. The average Bonchev–Trinajstić information content (AvgIpc) is 2.69. The van der Waals surface area contributed by atoms with Crippen LogP contribution in [0.15, 0.2) is 12.3 Å². The van der Waals surface area contributed by atoms with Gasteiger partial charge < -0.3 is 9.31 Å². The van der Waals surface area contributed by atoms with E-state index in [0.717, 1.165) is 11.0 Å². The maximum absolute atomic E-state index is 6.22. The highest BCUT2D eigenvalue weighted by atomic mass is 16.7. The van der Waals surface area contributed by atoms with Crippen molar-refractivity contribution in [2.45, 2.75) is 83.8 Å². The van der Waals surface area contributed by atoms with E-state index in [1.165, 1.54) is 37.8 Å². The van der Waals surface area contributed by atoms with Gasteiger partial charge in [-0.15, -0.1) is 0 Å². The quantitative estimate of drug-likeness (QED) is 0.780. The number of hydrogen-bond donors (Lipinski definition) is 0. The van der Waals surface area contributed by atoms with E-state index in [2.05, 4.69) is 40.7 Å². The van der Waals surface area contributed by atoms with Crippen molar-refractivity contribution in [3.8, 4) is 0 Å². The maximum Gasteiger partial charge on any atom is 0.495 e. The molecule has 2 heterocycles. The topological polar surface area (TPSA) is 31.4 Å². The molecule has 1 saturated heterocycles. The first kappa shape index (κ1) is 16.0. The molecule has 2 aliphatic rings. The first-order valence-electron chi connectivity index (χ1n) is 8.62. The normalized spacial score (nSPS) is 24.7. The molecule has 0 radical (unpaired) electrons. The van der Waals surface area contributed by atoms with Crippen molar-refractivity contribution in [3.63, 3.8) is 0 Å². The maximum atomic E-state index is 6.22. The minimum atomic E-state index is -0.293. The van der Waals surface area contributed by atoms with E-state index in [-0.39, 0.29) is 18.3 Å². The molecule has 0 amide bonds. The van der Waals surface area contributed by atoms with Crippen molar-refractivity contribution in [2.75, 3.05) is 0 Å². The van der Waals surface area contributed by atoms with Crippen molar-refractivity contribution in [2.24, 2.45) is 0 Å². The number of nitrogens with zero attached hydrogens (tertiary/aromatic N) is 1. The number of rotatable bonds is 2. The van der Waals surface area contributed by atoms with Gasteiger partial charge in [-0.2, -0.15) is 0 Å². The van der Waals surface area contributed by atoms with E-state index < -0.39 is 0 Å². The fourth-order valence-corrected chi connectivity index (χ4v) is 3.40. The second-order valence-corrected chi connectivity index (χ2v) is 7.89. The first-order valence-corrected chi connectivity index (χ1v) is 8.62. The Bertz CT molecular complexity index is 534. The SMILES string of the molecule is Cc1cnc(C2CCCCC2)cc1B1OC(C)(C)C(C)(C)O1. The zero-order chi connectivity index (χ0) is 16.0. The predicted octanol–water partition coefficient (Wildman–Crippen LogP) is 3.74. The Morgan fingerprint density at radius 2 is 1.64 bits per heavy atom. The van der Waals surface area contributed by atoms with E-state index in [1.54, 1.807) is 0 Å². The van der Waals surface area contributed by atoms with Crippen LogP contribution < -0.4 is 5.46 Å². The fraction of sp³-hybridized carbons (Fsp3) is 0.722. The molecule has 2 fully saturated rings. The molecule has 3 rings (SSSR count). The minimum Gasteiger partial charge on any atom is -0.399 e. The van der Waals surface area contributed by atoms with Gasteiger partial charge in [-0.3, -0.25) is 4.98 Å². The lowest BCUT2D eigenvalue weighted by molar-refractivity contribution is 0.00578. The molecular weight excluding hydrogens is 273 g/mol. The molecule has 1 aliphatic heterocycles. The summed E-state index contributed by atoms with van der Waals surface area (Å²) in [5.41, 5.74) is 2.93. The molecule has 0 atom stereocenters. The second-order valence-electron chi connectivity index (χ2n) is 7.89. The molecule has 4 heteroatoms. The summed E-state index contributed by atoms with van der Waals surface area (Å²) in [5.74, 6) is 0.607. The molecule has 0 unspecified atom stereocenters. The van der Waals surface area contributed by atoms with Gasteiger partial charge in [0.1, 0.15) is 0 Å². The highest BCUT2D eigenvalue weighted by Crippen LogP contribution is 2.37. The van der Waals surface area contributed by atoms with E-state index in [0.29, 0.717) is 5.92 Å². The van der Waals surface area contributed by atoms with E-state index >= 15 is 0 Å². The first-order chi connectivity index (χ1) is 10.3. The second kappa shape index (κ2) is 5.65. The Balaban J connectivity index is 1.88. The van der Waals surface area contributed by atoms with Crippen LogP contribution in [-0.4, -0.2) is 23.3 Å². The summed E-state index contributed by atoms with van der Waals surface area (Å²) in [5, 5.41) is 0. The zero-order valence-electron chi connectivity index (χ0n) is 14.6. The summed E-state index contributed by atoms with van der Waals surface area (Å²) in [4.78, 5) is 4.70. The molecule has 0 aromatic carbocycles. The van der Waals surface area contributed by atoms with Gasteiger partial charge >= 0.3 is 7.12 Å². The lowest BCUT2D eigenvalue weighted by Crippen LogP contribution is -2.41. The molecule has 22 heavy (non-hydrogen) atoms. The summed E-state index contributed by atoms with van der Waals surface area (Å²) in [6.45, 7) is 10.5. The third-order valence-corrected chi connectivity index (χ3v) is 5.70. The van der Waals surface area contributed by atoms with Gasteiger partial charge in [0, 0.05) is 17.8 Å². The highest BCUT2D eigenvalue weighted by molar-refractivity contribution is 6.62. The van der Waals surface area contributed by atoms with Gasteiger partial charge in [-0.05, 0) is 64.6 Å². The minimum absolute atomic E-state index is 0.282. The number of pyridine rings is 1. The molecule has 3 nitrogen and oxygen atoms in total. The Labute approximate surface area is 135 Å². The van der Waals surface area contributed by atoms with E-state index in [4.69, 9.17) is 14.3 Å². The third-order valence-electron chi connectivity index (χ3n) is 5.70. The van der Waals surface area contributed by atoms with Crippen LogP contribution in [0.25, 0.3) is 0 Å². The molecule has 1 aliphatic carbocycles. The van der Waals surface area contributed by atoms with Gasteiger partial charge in [0.15, 0.2) is 0 Å². The van der Waals surface area contributed by atoms with Crippen LogP contribution in [-0.2, 0) is 9.31 Å². The smallest absolute Gasteiger partial charge is 0.399 e. The van der Waals surface area contributed by atoms with Gasteiger partial charge in [0.2, 0.25) is 0 Å². The molecule has 0 spiro atoms. The van der Waals surface area contributed by atoms with Crippen molar-refractivity contribution in [1.82, 2.24) is 4.98 Å². The molecule has 1 aromatic heterocycles. The van der Waals surface area contributed by atoms with Crippen LogP contribution in [0.1, 0.15) is 77.0 Å². The number of hydrogen-bond acceptors (Lipinski definition) is 3. The van der Waals surface area contributed by atoms with Gasteiger partial charge in [0.05, 0.1) is 11.2 Å². The highest BCUT2D eigenvalue weighted by Gasteiger charge is 2.52. The van der Waals surface area contributed by atoms with Crippen LogP contribution in [0.2, 0.25) is 0 Å². The van der Waals surface area contributed by atoms with E-state index in [1.807, 2.05) is 6.20 Å². The Morgan fingerprint density at radius 3 is 2.23 bits per heavy atom. The van der Waals surface area contributed by atoms with Crippen molar-refractivity contribution in [3.05, 3.63) is 23.5 Å². The van der Waals surface area contributed by atoms with Gasteiger partial charge in [0.25, 0.3) is 0 Å². The third kappa shape index (κ3) is 2.83. The van der Waals surface area contributed by atoms with Crippen LogP contribution in [0.5, 0.6) is 0 Å². The molecule has 1 aromatic rings. The Kier molecular flexibility index (Phi) is 4.11. The summed E-state index contributed by atoms with van der Waals surface area (Å²) >= 11 is 0. The molecule has 120 valence electrons. The molecule has 0 N–H and O–H groups in total. The van der Waals surface area contributed by atoms with Crippen LogP contribution in [0.4, 0.5) is 0 Å². The lowest BCUT2D eigenvalue weighted by atomic mass is 9.75. The molecule has 1 saturated carbocycles. The zero-order valence-corrected chi connectivity index (χ0v) is 14.6. The lowest BCUT2D eigenvalue weighted by Gasteiger charge is -2.32. The number of aromatic nitrogens is 1.